The van der Waals surface area contributed by atoms with Crippen molar-refractivity contribution in [1.82, 2.24) is 10.3 Å². The number of nitrogens with one attached hydrogen (secondary N) is 1. The van der Waals surface area contributed by atoms with Gasteiger partial charge in [0.2, 0.25) is 0 Å². The monoisotopic (exact) mass is 208 g/mol. The molecule has 3 nitrogen and oxygen atoms in total. The first-order valence-electron chi connectivity index (χ1n) is 5.50. The maximum Gasteiger partial charge on any atom is 0.0619 e. The molecule has 1 aromatic rings. The van der Waals surface area contributed by atoms with E-state index >= 15 is 0 Å². The van der Waals surface area contributed by atoms with Gasteiger partial charge in [-0.05, 0) is 38.4 Å². The zero-order valence-corrected chi connectivity index (χ0v) is 9.57. The van der Waals surface area contributed by atoms with Crippen molar-refractivity contribution in [3.8, 4) is 0 Å². The third kappa shape index (κ3) is 4.91. The highest BCUT2D eigenvalue weighted by atomic mass is 16.5. The van der Waals surface area contributed by atoms with E-state index in [1.54, 1.807) is 6.20 Å². The molecule has 1 heterocycles. The molecule has 0 aliphatic rings. The molecular weight excluding hydrogens is 188 g/mol. The average molecular weight is 208 g/mol. The van der Waals surface area contributed by atoms with Crippen molar-refractivity contribution >= 4 is 0 Å². The van der Waals surface area contributed by atoms with Crippen molar-refractivity contribution in [3.63, 3.8) is 0 Å². The standard InChI is InChI=1S/C12H20N2O/c1-3-15-10-12(13-2)7-6-11-5-4-8-14-9-11/h4-5,8-9,12-13H,3,6-7,10H2,1-2H3. The van der Waals surface area contributed by atoms with Crippen LogP contribution in [0.1, 0.15) is 18.9 Å². The number of rotatable bonds is 7. The summed E-state index contributed by atoms with van der Waals surface area (Å²) in [6.07, 6.45) is 5.86. The van der Waals surface area contributed by atoms with Gasteiger partial charge >= 0.3 is 0 Å². The zero-order valence-electron chi connectivity index (χ0n) is 9.57. The second-order valence-electron chi connectivity index (χ2n) is 3.55. The average Bonchev–Trinajstić information content (AvgIpc) is 2.31. The zero-order chi connectivity index (χ0) is 10.9. The Kier molecular flexibility index (Phi) is 5.97. The Bertz CT molecular complexity index is 251. The van der Waals surface area contributed by atoms with Gasteiger partial charge in [0.25, 0.3) is 0 Å². The van der Waals surface area contributed by atoms with Gasteiger partial charge < -0.3 is 10.1 Å². The highest BCUT2D eigenvalue weighted by Crippen LogP contribution is 2.03. The third-order valence-electron chi connectivity index (χ3n) is 2.44. The highest BCUT2D eigenvalue weighted by molar-refractivity contribution is 5.08. The first-order valence-corrected chi connectivity index (χ1v) is 5.50. The quantitative estimate of drug-likeness (QED) is 0.739. The van der Waals surface area contributed by atoms with Gasteiger partial charge in [-0.2, -0.15) is 0 Å². The maximum atomic E-state index is 5.40. The summed E-state index contributed by atoms with van der Waals surface area (Å²) in [4.78, 5) is 4.10. The first kappa shape index (κ1) is 12.1. The molecule has 3 heteroatoms. The van der Waals surface area contributed by atoms with E-state index in [-0.39, 0.29) is 0 Å². The van der Waals surface area contributed by atoms with Gasteiger partial charge in [0, 0.05) is 25.0 Å². The fourth-order valence-electron chi connectivity index (χ4n) is 1.46. The summed E-state index contributed by atoms with van der Waals surface area (Å²) >= 11 is 0. The molecule has 0 bridgehead atoms. The van der Waals surface area contributed by atoms with Crippen LogP contribution >= 0.6 is 0 Å². The van der Waals surface area contributed by atoms with Crippen LogP contribution < -0.4 is 5.32 Å². The van der Waals surface area contributed by atoms with E-state index < -0.39 is 0 Å². The Labute approximate surface area is 91.9 Å². The molecule has 0 saturated heterocycles. The van der Waals surface area contributed by atoms with Gasteiger partial charge in [0.05, 0.1) is 6.61 Å². The molecule has 0 spiro atoms. The van der Waals surface area contributed by atoms with Gasteiger partial charge in [-0.25, -0.2) is 0 Å². The van der Waals surface area contributed by atoms with Crippen molar-refractivity contribution in [2.75, 3.05) is 20.3 Å². The normalized spacial score (nSPS) is 12.7. The lowest BCUT2D eigenvalue weighted by Crippen LogP contribution is -2.30. The molecule has 0 amide bonds. The summed E-state index contributed by atoms with van der Waals surface area (Å²) in [7, 11) is 1.98. The maximum absolute atomic E-state index is 5.40. The fourth-order valence-corrected chi connectivity index (χ4v) is 1.46. The second-order valence-corrected chi connectivity index (χ2v) is 3.55. The van der Waals surface area contributed by atoms with E-state index in [9.17, 15) is 0 Å². The predicted molar refractivity (Wildman–Crippen MR) is 61.9 cm³/mol. The molecule has 0 saturated carbocycles. The summed E-state index contributed by atoms with van der Waals surface area (Å²) in [5.74, 6) is 0. The Morgan fingerprint density at radius 2 is 2.40 bits per heavy atom. The lowest BCUT2D eigenvalue weighted by atomic mass is 10.1. The van der Waals surface area contributed by atoms with Crippen LogP contribution in [0.4, 0.5) is 0 Å². The molecule has 15 heavy (non-hydrogen) atoms. The van der Waals surface area contributed by atoms with E-state index in [2.05, 4.69) is 16.4 Å². The van der Waals surface area contributed by atoms with Crippen molar-refractivity contribution < 1.29 is 4.74 Å². The highest BCUT2D eigenvalue weighted by Gasteiger charge is 2.05. The van der Waals surface area contributed by atoms with Gasteiger partial charge in [-0.3, -0.25) is 4.98 Å². The Morgan fingerprint density at radius 3 is 3.00 bits per heavy atom. The van der Waals surface area contributed by atoms with Crippen LogP contribution in [0.2, 0.25) is 0 Å². The van der Waals surface area contributed by atoms with Crippen molar-refractivity contribution in [2.24, 2.45) is 0 Å². The van der Waals surface area contributed by atoms with Crippen molar-refractivity contribution in [2.45, 2.75) is 25.8 Å². The molecular formula is C12H20N2O. The summed E-state index contributed by atoms with van der Waals surface area (Å²) in [5.41, 5.74) is 1.29. The van der Waals surface area contributed by atoms with Crippen LogP contribution in [-0.2, 0) is 11.2 Å². The van der Waals surface area contributed by atoms with Crippen molar-refractivity contribution in [1.29, 1.82) is 0 Å². The van der Waals surface area contributed by atoms with E-state index in [1.165, 1.54) is 5.56 Å². The van der Waals surface area contributed by atoms with Gasteiger partial charge in [0.15, 0.2) is 0 Å². The molecule has 1 atom stereocenters. The van der Waals surface area contributed by atoms with E-state index in [1.807, 2.05) is 26.2 Å². The largest absolute Gasteiger partial charge is 0.380 e. The van der Waals surface area contributed by atoms with E-state index in [4.69, 9.17) is 4.74 Å². The van der Waals surface area contributed by atoms with Gasteiger partial charge in [-0.1, -0.05) is 6.07 Å². The number of nitrogens with zero attached hydrogens (tertiary/aromatic N) is 1. The third-order valence-corrected chi connectivity index (χ3v) is 2.44. The number of likely N-dealkylation sites (N-methyl/N-ethyl adjacent to an activating group) is 1. The lowest BCUT2D eigenvalue weighted by molar-refractivity contribution is 0.122. The van der Waals surface area contributed by atoms with Crippen LogP contribution in [0.3, 0.4) is 0 Å². The van der Waals surface area contributed by atoms with E-state index in [0.717, 1.165) is 26.1 Å². The van der Waals surface area contributed by atoms with E-state index in [0.29, 0.717) is 6.04 Å². The van der Waals surface area contributed by atoms with Crippen LogP contribution in [-0.4, -0.2) is 31.3 Å². The number of hydrogen-bond acceptors (Lipinski definition) is 3. The molecule has 0 aliphatic heterocycles. The Morgan fingerprint density at radius 1 is 1.53 bits per heavy atom. The fraction of sp³-hybridized carbons (Fsp3) is 0.583. The molecule has 1 N–H and O–H groups in total. The summed E-state index contributed by atoms with van der Waals surface area (Å²) < 4.78 is 5.40. The minimum absolute atomic E-state index is 0.435. The number of aryl methyl sites for hydroxylation is 1. The van der Waals surface area contributed by atoms with Crippen LogP contribution in [0.5, 0.6) is 0 Å². The Balaban J connectivity index is 2.28. The molecule has 1 aromatic heterocycles. The van der Waals surface area contributed by atoms with Gasteiger partial charge in [0.1, 0.15) is 0 Å². The smallest absolute Gasteiger partial charge is 0.0619 e. The SMILES string of the molecule is CCOCC(CCc1cccnc1)NC. The first-order chi connectivity index (χ1) is 7.36. The number of pyridine rings is 1. The minimum Gasteiger partial charge on any atom is -0.380 e. The number of hydrogen-bond donors (Lipinski definition) is 1. The summed E-state index contributed by atoms with van der Waals surface area (Å²) in [6.45, 7) is 3.59. The topological polar surface area (TPSA) is 34.1 Å². The Hall–Kier alpha value is -0.930. The number of ether oxygens (including phenoxy) is 1. The van der Waals surface area contributed by atoms with Crippen LogP contribution in [0, 0.1) is 0 Å². The molecule has 0 radical (unpaired) electrons. The number of aromatic nitrogens is 1. The summed E-state index contributed by atoms with van der Waals surface area (Å²) in [6, 6.07) is 4.53. The molecule has 0 aliphatic carbocycles. The molecule has 0 aromatic carbocycles. The van der Waals surface area contributed by atoms with Crippen molar-refractivity contribution in [3.05, 3.63) is 30.1 Å². The van der Waals surface area contributed by atoms with Crippen LogP contribution in [0.25, 0.3) is 0 Å². The van der Waals surface area contributed by atoms with Crippen LogP contribution in [0.15, 0.2) is 24.5 Å². The minimum atomic E-state index is 0.435. The lowest BCUT2D eigenvalue weighted by Gasteiger charge is -2.15. The van der Waals surface area contributed by atoms with Gasteiger partial charge in [-0.15, -0.1) is 0 Å². The summed E-state index contributed by atoms with van der Waals surface area (Å²) in [5, 5.41) is 3.26. The molecule has 0 fully saturated rings. The second kappa shape index (κ2) is 7.37. The molecule has 84 valence electrons. The molecule has 1 rings (SSSR count). The molecule has 1 unspecified atom stereocenters. The predicted octanol–water partition coefficient (Wildman–Crippen LogP) is 1.64.